The average Bonchev–Trinajstić information content (AvgIpc) is 2.67. The summed E-state index contributed by atoms with van der Waals surface area (Å²) >= 11 is 0. The van der Waals surface area contributed by atoms with Gasteiger partial charge in [0, 0.05) is 36.0 Å². The first kappa shape index (κ1) is 18.0. The van der Waals surface area contributed by atoms with Gasteiger partial charge in [0.15, 0.2) is 0 Å². The summed E-state index contributed by atoms with van der Waals surface area (Å²) in [6.07, 6.45) is 2.22. The number of likely N-dealkylation sites (tertiary alicyclic amines) is 1. The van der Waals surface area contributed by atoms with Crippen LogP contribution in [-0.4, -0.2) is 36.9 Å². The lowest BCUT2D eigenvalue weighted by molar-refractivity contribution is 0.0682. The molecular formula is C21H24N2O3. The van der Waals surface area contributed by atoms with E-state index in [4.69, 9.17) is 4.74 Å². The van der Waals surface area contributed by atoms with Gasteiger partial charge in [0.05, 0.1) is 7.11 Å². The van der Waals surface area contributed by atoms with Crippen LogP contribution in [0.2, 0.25) is 0 Å². The van der Waals surface area contributed by atoms with Crippen molar-refractivity contribution in [2.24, 2.45) is 5.92 Å². The number of nitrogens with one attached hydrogen (secondary N) is 1. The maximum atomic E-state index is 12.6. The molecule has 26 heavy (non-hydrogen) atoms. The Kier molecular flexibility index (Phi) is 5.56. The van der Waals surface area contributed by atoms with Crippen molar-refractivity contribution in [2.45, 2.75) is 19.8 Å². The Labute approximate surface area is 154 Å². The second kappa shape index (κ2) is 8.04. The van der Waals surface area contributed by atoms with Crippen LogP contribution in [0.15, 0.2) is 48.5 Å². The Hall–Kier alpha value is -2.82. The Bertz CT molecular complexity index is 786. The van der Waals surface area contributed by atoms with Crippen molar-refractivity contribution >= 4 is 17.5 Å². The van der Waals surface area contributed by atoms with Crippen LogP contribution in [0.5, 0.6) is 5.75 Å². The minimum absolute atomic E-state index is 0.0382. The number of methoxy groups -OCH3 is 1. The molecular weight excluding hydrogens is 328 g/mol. The number of rotatable bonds is 4. The molecule has 0 bridgehead atoms. The number of nitrogens with zero attached hydrogens (tertiary/aromatic N) is 1. The predicted octanol–water partition coefficient (Wildman–Crippen LogP) is 3.82. The van der Waals surface area contributed by atoms with E-state index >= 15 is 0 Å². The van der Waals surface area contributed by atoms with E-state index in [9.17, 15) is 9.59 Å². The van der Waals surface area contributed by atoms with E-state index in [2.05, 4.69) is 12.2 Å². The number of benzene rings is 2. The lowest BCUT2D eigenvalue weighted by Gasteiger charge is -2.31. The predicted molar refractivity (Wildman–Crippen MR) is 102 cm³/mol. The molecule has 2 amide bonds. The molecule has 1 heterocycles. The van der Waals surface area contributed by atoms with Gasteiger partial charge in [0.25, 0.3) is 11.8 Å². The van der Waals surface area contributed by atoms with E-state index in [-0.39, 0.29) is 11.8 Å². The summed E-state index contributed by atoms with van der Waals surface area (Å²) in [5.41, 5.74) is 1.80. The molecule has 2 aromatic rings. The van der Waals surface area contributed by atoms with Crippen molar-refractivity contribution < 1.29 is 14.3 Å². The smallest absolute Gasteiger partial charge is 0.255 e. The Morgan fingerprint density at radius 2 is 1.85 bits per heavy atom. The first-order valence-corrected chi connectivity index (χ1v) is 8.91. The maximum absolute atomic E-state index is 12.6. The zero-order chi connectivity index (χ0) is 18.5. The normalized spacial score (nSPS) is 16.8. The summed E-state index contributed by atoms with van der Waals surface area (Å²) in [7, 11) is 1.58. The number of piperidine rings is 1. The van der Waals surface area contributed by atoms with Gasteiger partial charge in [-0.15, -0.1) is 0 Å². The minimum atomic E-state index is -0.219. The summed E-state index contributed by atoms with van der Waals surface area (Å²) in [5, 5.41) is 2.84. The van der Waals surface area contributed by atoms with Crippen LogP contribution < -0.4 is 10.1 Å². The largest absolute Gasteiger partial charge is 0.497 e. The lowest BCUT2D eigenvalue weighted by Crippen LogP contribution is -2.39. The Morgan fingerprint density at radius 1 is 1.12 bits per heavy atom. The SMILES string of the molecule is COc1cccc(NC(=O)c2ccc(C(=O)N3CCCC(C)C3)cc2)c1. The van der Waals surface area contributed by atoms with Gasteiger partial charge in [-0.05, 0) is 55.2 Å². The fourth-order valence-corrected chi connectivity index (χ4v) is 3.22. The van der Waals surface area contributed by atoms with Gasteiger partial charge in [0.2, 0.25) is 0 Å². The van der Waals surface area contributed by atoms with Gasteiger partial charge < -0.3 is 15.0 Å². The highest BCUT2D eigenvalue weighted by Gasteiger charge is 2.22. The van der Waals surface area contributed by atoms with Crippen LogP contribution in [0, 0.1) is 5.92 Å². The molecule has 2 aromatic carbocycles. The molecule has 0 radical (unpaired) electrons. The van der Waals surface area contributed by atoms with Crippen molar-refractivity contribution in [3.63, 3.8) is 0 Å². The van der Waals surface area contributed by atoms with Crippen LogP contribution in [-0.2, 0) is 0 Å². The third-order valence-electron chi connectivity index (χ3n) is 4.67. The molecule has 1 atom stereocenters. The van der Waals surface area contributed by atoms with Crippen LogP contribution in [0.25, 0.3) is 0 Å². The number of hydrogen-bond donors (Lipinski definition) is 1. The molecule has 5 nitrogen and oxygen atoms in total. The Balaban J connectivity index is 1.66. The molecule has 1 N–H and O–H groups in total. The van der Waals surface area contributed by atoms with Gasteiger partial charge in [-0.2, -0.15) is 0 Å². The van der Waals surface area contributed by atoms with E-state index < -0.39 is 0 Å². The lowest BCUT2D eigenvalue weighted by atomic mass is 9.99. The van der Waals surface area contributed by atoms with E-state index in [1.807, 2.05) is 17.0 Å². The van der Waals surface area contributed by atoms with Crippen molar-refractivity contribution in [1.29, 1.82) is 0 Å². The minimum Gasteiger partial charge on any atom is -0.497 e. The highest BCUT2D eigenvalue weighted by atomic mass is 16.5. The van der Waals surface area contributed by atoms with Crippen LogP contribution in [0.1, 0.15) is 40.5 Å². The fourth-order valence-electron chi connectivity index (χ4n) is 3.22. The summed E-state index contributed by atoms with van der Waals surface area (Å²) in [6.45, 7) is 3.78. The fraction of sp³-hybridized carbons (Fsp3) is 0.333. The van der Waals surface area contributed by atoms with Crippen LogP contribution >= 0.6 is 0 Å². The van der Waals surface area contributed by atoms with E-state index in [1.54, 1.807) is 43.5 Å². The second-order valence-corrected chi connectivity index (χ2v) is 6.76. The number of ether oxygens (including phenoxy) is 1. The van der Waals surface area contributed by atoms with Gasteiger partial charge in [-0.3, -0.25) is 9.59 Å². The van der Waals surface area contributed by atoms with Gasteiger partial charge in [0.1, 0.15) is 5.75 Å². The van der Waals surface area contributed by atoms with Crippen molar-refractivity contribution in [3.8, 4) is 5.75 Å². The van der Waals surface area contributed by atoms with E-state index in [1.165, 1.54) is 6.42 Å². The molecule has 1 fully saturated rings. The highest BCUT2D eigenvalue weighted by molar-refractivity contribution is 6.05. The molecule has 1 aliphatic rings. The molecule has 1 unspecified atom stereocenters. The first-order chi connectivity index (χ1) is 12.6. The number of carbonyl (C=O) groups is 2. The molecule has 0 aromatic heterocycles. The molecule has 1 aliphatic heterocycles. The van der Waals surface area contributed by atoms with Crippen molar-refractivity contribution in [1.82, 2.24) is 4.90 Å². The third kappa shape index (κ3) is 4.23. The summed E-state index contributed by atoms with van der Waals surface area (Å²) in [4.78, 5) is 26.9. The quantitative estimate of drug-likeness (QED) is 0.910. The summed E-state index contributed by atoms with van der Waals surface area (Å²) < 4.78 is 5.16. The van der Waals surface area contributed by atoms with Crippen molar-refractivity contribution in [3.05, 3.63) is 59.7 Å². The van der Waals surface area contributed by atoms with Gasteiger partial charge in [-0.1, -0.05) is 13.0 Å². The van der Waals surface area contributed by atoms with Gasteiger partial charge >= 0.3 is 0 Å². The third-order valence-corrected chi connectivity index (χ3v) is 4.67. The monoisotopic (exact) mass is 352 g/mol. The summed E-state index contributed by atoms with van der Waals surface area (Å²) in [5.74, 6) is 1.04. The van der Waals surface area contributed by atoms with E-state index in [0.717, 1.165) is 19.5 Å². The van der Waals surface area contributed by atoms with E-state index in [0.29, 0.717) is 28.5 Å². The maximum Gasteiger partial charge on any atom is 0.255 e. The standard InChI is InChI=1S/C21H24N2O3/c1-15-5-4-12-23(14-15)21(25)17-10-8-16(9-11-17)20(24)22-18-6-3-7-19(13-18)26-2/h3,6-11,13,15H,4-5,12,14H2,1-2H3,(H,22,24). The van der Waals surface area contributed by atoms with Crippen LogP contribution in [0.3, 0.4) is 0 Å². The number of anilines is 1. The highest BCUT2D eigenvalue weighted by Crippen LogP contribution is 2.19. The molecule has 136 valence electrons. The average molecular weight is 352 g/mol. The van der Waals surface area contributed by atoms with Crippen molar-refractivity contribution in [2.75, 3.05) is 25.5 Å². The molecule has 5 heteroatoms. The summed E-state index contributed by atoms with van der Waals surface area (Å²) in [6, 6.07) is 14.0. The second-order valence-electron chi connectivity index (χ2n) is 6.76. The molecule has 0 spiro atoms. The molecule has 0 saturated carbocycles. The zero-order valence-electron chi connectivity index (χ0n) is 15.2. The molecule has 0 aliphatic carbocycles. The Morgan fingerprint density at radius 3 is 2.54 bits per heavy atom. The first-order valence-electron chi connectivity index (χ1n) is 8.91. The van der Waals surface area contributed by atoms with Gasteiger partial charge in [-0.25, -0.2) is 0 Å². The van der Waals surface area contributed by atoms with Crippen LogP contribution in [0.4, 0.5) is 5.69 Å². The zero-order valence-corrected chi connectivity index (χ0v) is 15.2. The topological polar surface area (TPSA) is 58.6 Å². The number of amides is 2. The molecule has 3 rings (SSSR count). The molecule has 1 saturated heterocycles. The number of carbonyl (C=O) groups excluding carboxylic acids is 2. The number of hydrogen-bond acceptors (Lipinski definition) is 3.